The number of aliphatic hydroxyl groups excluding tert-OH is 1. The van der Waals surface area contributed by atoms with Crippen molar-refractivity contribution in [1.29, 1.82) is 0 Å². The first-order valence-corrected chi connectivity index (χ1v) is 10.1. The van der Waals surface area contributed by atoms with Gasteiger partial charge in [0.15, 0.2) is 0 Å². The molecule has 1 fully saturated rings. The van der Waals surface area contributed by atoms with E-state index in [0.29, 0.717) is 29.2 Å². The van der Waals surface area contributed by atoms with Crippen LogP contribution in [0.4, 0.5) is 10.1 Å². The van der Waals surface area contributed by atoms with E-state index in [1.807, 2.05) is 6.07 Å². The summed E-state index contributed by atoms with van der Waals surface area (Å²) in [6.07, 6.45) is 2.48. The minimum atomic E-state index is -0.378. The van der Waals surface area contributed by atoms with Crippen LogP contribution in [0.5, 0.6) is 0 Å². The van der Waals surface area contributed by atoms with Gasteiger partial charge in [0.05, 0.1) is 11.7 Å². The Morgan fingerprint density at radius 3 is 2.79 bits per heavy atom. The Labute approximate surface area is 168 Å². The van der Waals surface area contributed by atoms with Gasteiger partial charge in [-0.2, -0.15) is 0 Å². The average Bonchev–Trinajstić information content (AvgIpc) is 3.26. The van der Waals surface area contributed by atoms with Crippen LogP contribution in [-0.2, 0) is 22.6 Å². The zero-order chi connectivity index (χ0) is 20.0. The molecule has 6 heteroatoms. The summed E-state index contributed by atoms with van der Waals surface area (Å²) in [6.45, 7) is 3.26. The third-order valence-electron chi connectivity index (χ3n) is 6.01. The van der Waals surface area contributed by atoms with Crippen molar-refractivity contribution in [3.63, 3.8) is 0 Å². The maximum atomic E-state index is 13.7. The molecule has 2 aromatic rings. The van der Waals surface area contributed by atoms with Gasteiger partial charge in [-0.05, 0) is 43.0 Å². The van der Waals surface area contributed by atoms with Crippen molar-refractivity contribution in [2.45, 2.75) is 32.0 Å². The first-order chi connectivity index (χ1) is 14.1. The molecule has 0 radical (unpaired) electrons. The van der Waals surface area contributed by atoms with Crippen molar-refractivity contribution in [2.75, 3.05) is 25.0 Å². The molecule has 3 aliphatic rings. The minimum absolute atomic E-state index is 0.152. The summed E-state index contributed by atoms with van der Waals surface area (Å²) in [5.74, 6) is -0.111. The molecule has 5 nitrogen and oxygen atoms in total. The molecule has 3 heterocycles. The van der Waals surface area contributed by atoms with E-state index in [-0.39, 0.29) is 17.8 Å². The lowest BCUT2D eigenvalue weighted by Crippen LogP contribution is -2.37. The number of piperidine rings is 1. The summed E-state index contributed by atoms with van der Waals surface area (Å²) in [7, 11) is 0. The van der Waals surface area contributed by atoms with Gasteiger partial charge in [0.1, 0.15) is 18.2 Å². The molecule has 0 aromatic heterocycles. The fourth-order valence-corrected chi connectivity index (χ4v) is 4.37. The number of hydrogen-bond donors (Lipinski definition) is 2. The number of carbonyl (C=O) groups excluding carboxylic acids is 1. The summed E-state index contributed by atoms with van der Waals surface area (Å²) < 4.78 is 19.6. The van der Waals surface area contributed by atoms with Crippen molar-refractivity contribution in [2.24, 2.45) is 0 Å². The maximum Gasteiger partial charge on any atom is 0.260 e. The van der Waals surface area contributed by atoms with Crippen LogP contribution in [0.2, 0.25) is 0 Å². The summed E-state index contributed by atoms with van der Waals surface area (Å²) in [5, 5.41) is 12.4. The maximum absolute atomic E-state index is 13.7. The lowest BCUT2D eigenvalue weighted by molar-refractivity contribution is -0.110. The SMILES string of the molecule is O=C1Nc2ccc(F)cc2/C1=C1\OCc2cc(CCN3CCC(O)CC3)ccc21. The Balaban J connectivity index is 1.38. The van der Waals surface area contributed by atoms with E-state index in [4.69, 9.17) is 4.74 Å². The highest BCUT2D eigenvalue weighted by atomic mass is 19.1. The van der Waals surface area contributed by atoms with Crippen LogP contribution in [0.3, 0.4) is 0 Å². The number of halogens is 1. The zero-order valence-electron chi connectivity index (χ0n) is 16.1. The van der Waals surface area contributed by atoms with Crippen molar-refractivity contribution < 1.29 is 19.0 Å². The van der Waals surface area contributed by atoms with Crippen molar-refractivity contribution >= 4 is 22.9 Å². The number of anilines is 1. The highest BCUT2D eigenvalue weighted by Gasteiger charge is 2.32. The molecule has 2 N–H and O–H groups in total. The molecule has 0 atom stereocenters. The fourth-order valence-electron chi connectivity index (χ4n) is 4.37. The summed E-state index contributed by atoms with van der Waals surface area (Å²) >= 11 is 0. The first kappa shape index (κ1) is 18.3. The Hall–Kier alpha value is -2.70. The molecule has 0 saturated carbocycles. The van der Waals surface area contributed by atoms with E-state index in [1.165, 1.54) is 17.7 Å². The molecule has 0 unspecified atom stereocenters. The van der Waals surface area contributed by atoms with Gasteiger partial charge in [0, 0.05) is 42.0 Å². The van der Waals surface area contributed by atoms with Gasteiger partial charge in [-0.1, -0.05) is 18.2 Å². The molecule has 1 amide bonds. The minimum Gasteiger partial charge on any atom is -0.487 e. The van der Waals surface area contributed by atoms with E-state index < -0.39 is 0 Å². The van der Waals surface area contributed by atoms with Gasteiger partial charge < -0.3 is 20.1 Å². The number of nitrogens with one attached hydrogen (secondary N) is 1. The van der Waals surface area contributed by atoms with E-state index in [1.54, 1.807) is 6.07 Å². The predicted octanol–water partition coefficient (Wildman–Crippen LogP) is 3.18. The largest absolute Gasteiger partial charge is 0.487 e. The first-order valence-electron chi connectivity index (χ1n) is 10.1. The number of rotatable bonds is 3. The molecule has 0 aliphatic carbocycles. The molecule has 3 aliphatic heterocycles. The number of fused-ring (bicyclic) bond motifs is 2. The molecule has 1 saturated heterocycles. The molecule has 2 aromatic carbocycles. The Morgan fingerprint density at radius 1 is 1.14 bits per heavy atom. The lowest BCUT2D eigenvalue weighted by atomic mass is 9.98. The number of ether oxygens (including phenoxy) is 1. The summed E-state index contributed by atoms with van der Waals surface area (Å²) in [5.41, 5.74) is 4.74. The van der Waals surface area contributed by atoms with Gasteiger partial charge in [0.2, 0.25) is 0 Å². The van der Waals surface area contributed by atoms with Gasteiger partial charge >= 0.3 is 0 Å². The normalized spacial score (nSPS) is 21.7. The van der Waals surface area contributed by atoms with Crippen LogP contribution in [-0.4, -0.2) is 41.7 Å². The monoisotopic (exact) mass is 394 g/mol. The zero-order valence-corrected chi connectivity index (χ0v) is 16.1. The Bertz CT molecular complexity index is 1010. The number of benzene rings is 2. The van der Waals surface area contributed by atoms with E-state index >= 15 is 0 Å². The molecule has 0 spiro atoms. The van der Waals surface area contributed by atoms with Gasteiger partial charge in [-0.15, -0.1) is 0 Å². The Morgan fingerprint density at radius 2 is 1.97 bits per heavy atom. The highest BCUT2D eigenvalue weighted by Crippen LogP contribution is 2.41. The second-order valence-electron chi connectivity index (χ2n) is 7.95. The molecule has 29 heavy (non-hydrogen) atoms. The summed E-state index contributed by atoms with van der Waals surface area (Å²) in [4.78, 5) is 14.9. The number of hydrogen-bond acceptors (Lipinski definition) is 4. The smallest absolute Gasteiger partial charge is 0.260 e. The molecular weight excluding hydrogens is 371 g/mol. The molecular formula is C23H23FN2O3. The second-order valence-corrected chi connectivity index (χ2v) is 7.95. The molecule has 0 bridgehead atoms. The topological polar surface area (TPSA) is 61.8 Å². The molecule has 5 rings (SSSR count). The van der Waals surface area contributed by atoms with Crippen LogP contribution in [0, 0.1) is 5.82 Å². The van der Waals surface area contributed by atoms with E-state index in [9.17, 15) is 14.3 Å². The van der Waals surface area contributed by atoms with Crippen LogP contribution < -0.4 is 5.32 Å². The fraction of sp³-hybridized carbons (Fsp3) is 0.348. The quantitative estimate of drug-likeness (QED) is 0.785. The van der Waals surface area contributed by atoms with Crippen LogP contribution in [0.1, 0.15) is 35.1 Å². The predicted molar refractivity (Wildman–Crippen MR) is 108 cm³/mol. The third kappa shape index (κ3) is 3.43. The Kier molecular flexibility index (Phi) is 4.60. The number of nitrogens with zero attached hydrogens (tertiary/aromatic N) is 1. The number of amides is 1. The van der Waals surface area contributed by atoms with Crippen molar-refractivity contribution in [3.05, 3.63) is 64.5 Å². The number of aliphatic hydroxyl groups is 1. The lowest BCUT2D eigenvalue weighted by Gasteiger charge is -2.29. The van der Waals surface area contributed by atoms with Gasteiger partial charge in [0.25, 0.3) is 5.91 Å². The summed E-state index contributed by atoms with van der Waals surface area (Å²) in [6, 6.07) is 10.5. The van der Waals surface area contributed by atoms with Gasteiger partial charge in [-0.3, -0.25) is 4.79 Å². The van der Waals surface area contributed by atoms with E-state index in [0.717, 1.165) is 50.0 Å². The third-order valence-corrected chi connectivity index (χ3v) is 6.01. The average molecular weight is 394 g/mol. The van der Waals surface area contributed by atoms with Crippen LogP contribution in [0.15, 0.2) is 36.4 Å². The van der Waals surface area contributed by atoms with E-state index in [2.05, 4.69) is 22.3 Å². The van der Waals surface area contributed by atoms with Crippen LogP contribution in [0.25, 0.3) is 11.3 Å². The number of carbonyl (C=O) groups is 1. The van der Waals surface area contributed by atoms with Crippen molar-refractivity contribution in [3.8, 4) is 0 Å². The highest BCUT2D eigenvalue weighted by molar-refractivity contribution is 6.36. The van der Waals surface area contributed by atoms with Crippen molar-refractivity contribution in [1.82, 2.24) is 4.90 Å². The standard InChI is InChI=1S/C23H23FN2O3/c24-16-2-4-20-19(12-16)21(23(28)25-20)22-18-3-1-14(11-15(18)13-29-22)5-8-26-9-6-17(27)7-10-26/h1-4,11-12,17,27H,5-10,13H2,(H,25,28)/b22-21+. The number of likely N-dealkylation sites (tertiary alicyclic amines) is 1. The molecule has 150 valence electrons. The van der Waals surface area contributed by atoms with Gasteiger partial charge in [-0.25, -0.2) is 4.39 Å². The van der Waals surface area contributed by atoms with Crippen LogP contribution >= 0.6 is 0 Å². The second kappa shape index (κ2) is 7.28.